The van der Waals surface area contributed by atoms with E-state index in [2.05, 4.69) is 10.1 Å². The molecule has 8 heteroatoms. The molecular formula is C12H12Cl2N2O4. The van der Waals surface area contributed by atoms with Gasteiger partial charge in [0.2, 0.25) is 11.6 Å². The number of ether oxygens (including phenoxy) is 3. The van der Waals surface area contributed by atoms with Gasteiger partial charge in [-0.3, -0.25) is 0 Å². The van der Waals surface area contributed by atoms with Gasteiger partial charge in [-0.1, -0.05) is 28.4 Å². The maximum atomic E-state index is 5.67. The summed E-state index contributed by atoms with van der Waals surface area (Å²) in [4.78, 5) is 3.22. The van der Waals surface area contributed by atoms with Crippen molar-refractivity contribution in [3.05, 3.63) is 18.0 Å². The summed E-state index contributed by atoms with van der Waals surface area (Å²) in [5.41, 5.74) is 0.628. The summed E-state index contributed by atoms with van der Waals surface area (Å²) in [5.74, 6) is 1.90. The average molecular weight is 319 g/mol. The first-order valence-electron chi connectivity index (χ1n) is 5.52. The van der Waals surface area contributed by atoms with Crippen molar-refractivity contribution < 1.29 is 18.7 Å². The summed E-state index contributed by atoms with van der Waals surface area (Å²) in [6.45, 7) is 0. The van der Waals surface area contributed by atoms with Crippen LogP contribution in [0.3, 0.4) is 0 Å². The molecule has 20 heavy (non-hydrogen) atoms. The summed E-state index contributed by atoms with van der Waals surface area (Å²) in [6, 6.07) is 3.40. The van der Waals surface area contributed by atoms with Gasteiger partial charge in [0.15, 0.2) is 16.3 Å². The topological polar surface area (TPSA) is 66.6 Å². The highest BCUT2D eigenvalue weighted by atomic mass is 35.5. The average Bonchev–Trinajstić information content (AvgIpc) is 2.95. The van der Waals surface area contributed by atoms with E-state index in [1.807, 2.05) is 0 Å². The molecule has 0 spiro atoms. The second-order valence-corrected chi connectivity index (χ2v) is 4.77. The number of halogens is 2. The Balaban J connectivity index is 2.50. The molecule has 0 aliphatic heterocycles. The zero-order valence-electron chi connectivity index (χ0n) is 11.0. The lowest BCUT2D eigenvalue weighted by molar-refractivity contribution is 0.324. The molecule has 0 amide bonds. The molecule has 0 unspecified atom stereocenters. The van der Waals surface area contributed by atoms with Gasteiger partial charge in [0.05, 0.1) is 21.3 Å². The van der Waals surface area contributed by atoms with Crippen molar-refractivity contribution in [1.82, 2.24) is 10.1 Å². The minimum absolute atomic E-state index is 0.122. The van der Waals surface area contributed by atoms with Crippen molar-refractivity contribution >= 4 is 23.2 Å². The molecule has 1 aromatic heterocycles. The Morgan fingerprint density at radius 2 is 1.65 bits per heavy atom. The molecule has 0 N–H and O–H groups in total. The van der Waals surface area contributed by atoms with Crippen LogP contribution in [0.4, 0.5) is 0 Å². The minimum Gasteiger partial charge on any atom is -0.493 e. The Bertz CT molecular complexity index is 576. The number of nitrogens with zero attached hydrogens (tertiary/aromatic N) is 2. The van der Waals surface area contributed by atoms with E-state index in [9.17, 15) is 0 Å². The van der Waals surface area contributed by atoms with Crippen molar-refractivity contribution in [3.8, 4) is 28.6 Å². The van der Waals surface area contributed by atoms with Crippen molar-refractivity contribution in [2.24, 2.45) is 0 Å². The molecule has 0 radical (unpaired) electrons. The van der Waals surface area contributed by atoms with Gasteiger partial charge in [-0.25, -0.2) is 0 Å². The minimum atomic E-state index is -0.877. The fraction of sp³-hybridized carbons (Fsp3) is 0.333. The number of hydrogen-bond acceptors (Lipinski definition) is 6. The van der Waals surface area contributed by atoms with Crippen LogP contribution in [-0.2, 0) is 0 Å². The van der Waals surface area contributed by atoms with Gasteiger partial charge in [-0.2, -0.15) is 4.98 Å². The lowest BCUT2D eigenvalue weighted by atomic mass is 10.1. The third-order valence-corrected chi connectivity index (χ3v) is 2.92. The van der Waals surface area contributed by atoms with Gasteiger partial charge >= 0.3 is 0 Å². The van der Waals surface area contributed by atoms with Gasteiger partial charge < -0.3 is 18.7 Å². The van der Waals surface area contributed by atoms with Crippen LogP contribution in [-0.4, -0.2) is 31.5 Å². The van der Waals surface area contributed by atoms with E-state index >= 15 is 0 Å². The molecule has 1 aromatic carbocycles. The molecule has 0 aliphatic carbocycles. The van der Waals surface area contributed by atoms with Crippen LogP contribution in [0, 0.1) is 0 Å². The number of hydrogen-bond donors (Lipinski definition) is 0. The fourth-order valence-electron chi connectivity index (χ4n) is 1.65. The predicted octanol–water partition coefficient (Wildman–Crippen LogP) is 3.24. The Morgan fingerprint density at radius 1 is 1.05 bits per heavy atom. The molecule has 0 atom stereocenters. The van der Waals surface area contributed by atoms with Crippen LogP contribution >= 0.6 is 23.2 Å². The van der Waals surface area contributed by atoms with E-state index < -0.39 is 4.84 Å². The highest BCUT2D eigenvalue weighted by Gasteiger charge is 2.19. The molecular weight excluding hydrogens is 307 g/mol. The van der Waals surface area contributed by atoms with Crippen LogP contribution in [0.5, 0.6) is 17.2 Å². The zero-order valence-corrected chi connectivity index (χ0v) is 12.5. The Hall–Kier alpha value is -1.66. The van der Waals surface area contributed by atoms with E-state index in [1.54, 1.807) is 12.1 Å². The van der Waals surface area contributed by atoms with Crippen LogP contribution in [0.25, 0.3) is 11.4 Å². The molecule has 0 saturated carbocycles. The molecule has 0 fully saturated rings. The SMILES string of the molecule is COc1cc(-c2noc(C(Cl)Cl)n2)cc(OC)c1OC. The third-order valence-electron chi connectivity index (χ3n) is 2.55. The maximum Gasteiger partial charge on any atom is 0.260 e. The maximum absolute atomic E-state index is 5.67. The van der Waals surface area contributed by atoms with Gasteiger partial charge in [0, 0.05) is 5.56 Å². The standard InChI is InChI=1S/C12H12Cl2N2O4/c1-17-7-4-6(5-8(18-2)9(7)19-3)11-15-12(10(13)14)20-16-11/h4-5,10H,1-3H3. The smallest absolute Gasteiger partial charge is 0.260 e. The van der Waals surface area contributed by atoms with Crippen molar-refractivity contribution in [2.75, 3.05) is 21.3 Å². The van der Waals surface area contributed by atoms with Crippen LogP contribution in [0.15, 0.2) is 16.7 Å². The number of alkyl halides is 2. The Morgan fingerprint density at radius 3 is 2.05 bits per heavy atom. The van der Waals surface area contributed by atoms with Crippen LogP contribution in [0.1, 0.15) is 10.7 Å². The lowest BCUT2D eigenvalue weighted by Gasteiger charge is -2.12. The highest BCUT2D eigenvalue weighted by molar-refractivity contribution is 6.43. The van der Waals surface area contributed by atoms with E-state index in [0.717, 1.165) is 0 Å². The first-order chi connectivity index (χ1) is 9.60. The molecule has 0 saturated heterocycles. The molecule has 1 heterocycles. The van der Waals surface area contributed by atoms with Gasteiger partial charge in [-0.05, 0) is 12.1 Å². The predicted molar refractivity (Wildman–Crippen MR) is 73.8 cm³/mol. The van der Waals surface area contributed by atoms with Crippen molar-refractivity contribution in [3.63, 3.8) is 0 Å². The summed E-state index contributed by atoms with van der Waals surface area (Å²) in [7, 11) is 4.57. The number of methoxy groups -OCH3 is 3. The Kier molecular flexibility index (Phi) is 4.57. The quantitative estimate of drug-likeness (QED) is 0.788. The van der Waals surface area contributed by atoms with Gasteiger partial charge in [-0.15, -0.1) is 0 Å². The monoisotopic (exact) mass is 318 g/mol. The summed E-state index contributed by atoms with van der Waals surface area (Å²) in [5, 5.41) is 3.81. The normalized spacial score (nSPS) is 10.7. The third kappa shape index (κ3) is 2.76. The summed E-state index contributed by atoms with van der Waals surface area (Å²) in [6.07, 6.45) is 0. The summed E-state index contributed by atoms with van der Waals surface area (Å²) < 4.78 is 20.7. The molecule has 6 nitrogen and oxygen atoms in total. The van der Waals surface area contributed by atoms with E-state index in [4.69, 9.17) is 41.9 Å². The van der Waals surface area contributed by atoms with E-state index in [-0.39, 0.29) is 5.89 Å². The van der Waals surface area contributed by atoms with E-state index in [0.29, 0.717) is 28.6 Å². The van der Waals surface area contributed by atoms with Gasteiger partial charge in [0.1, 0.15) is 0 Å². The van der Waals surface area contributed by atoms with Gasteiger partial charge in [0.25, 0.3) is 5.89 Å². The second-order valence-electron chi connectivity index (χ2n) is 3.67. The lowest BCUT2D eigenvalue weighted by Crippen LogP contribution is -1.96. The summed E-state index contributed by atoms with van der Waals surface area (Å²) >= 11 is 11.3. The second kappa shape index (κ2) is 6.19. The largest absolute Gasteiger partial charge is 0.493 e. The highest BCUT2D eigenvalue weighted by Crippen LogP contribution is 2.40. The first kappa shape index (κ1) is 14.7. The van der Waals surface area contributed by atoms with Crippen molar-refractivity contribution in [2.45, 2.75) is 4.84 Å². The van der Waals surface area contributed by atoms with Crippen LogP contribution < -0.4 is 14.2 Å². The van der Waals surface area contributed by atoms with Crippen molar-refractivity contribution in [1.29, 1.82) is 0 Å². The molecule has 2 rings (SSSR count). The number of rotatable bonds is 5. The molecule has 2 aromatic rings. The zero-order chi connectivity index (χ0) is 14.7. The van der Waals surface area contributed by atoms with Crippen LogP contribution in [0.2, 0.25) is 0 Å². The first-order valence-corrected chi connectivity index (χ1v) is 6.40. The number of aromatic nitrogens is 2. The molecule has 0 aliphatic rings. The molecule has 0 bridgehead atoms. The Labute approximate surface area is 125 Å². The molecule has 108 valence electrons. The van der Waals surface area contributed by atoms with E-state index in [1.165, 1.54) is 21.3 Å². The fourth-order valence-corrected chi connectivity index (χ4v) is 1.83. The number of benzene rings is 1.